The van der Waals surface area contributed by atoms with E-state index in [0.29, 0.717) is 13.0 Å². The van der Waals surface area contributed by atoms with Crippen LogP contribution in [0.15, 0.2) is 42.6 Å². The molecule has 2 amide bonds. The van der Waals surface area contributed by atoms with Gasteiger partial charge in [-0.1, -0.05) is 26.2 Å². The zero-order valence-corrected chi connectivity index (χ0v) is 20.2. The minimum atomic E-state index is -0.454. The van der Waals surface area contributed by atoms with E-state index in [9.17, 15) is 14.0 Å². The van der Waals surface area contributed by atoms with Gasteiger partial charge >= 0.3 is 0 Å². The van der Waals surface area contributed by atoms with Crippen LogP contribution in [0, 0.1) is 11.7 Å². The van der Waals surface area contributed by atoms with Gasteiger partial charge in [0.05, 0.1) is 17.3 Å². The number of carbonyl (C=O) groups is 2. The number of benzene rings is 1. The van der Waals surface area contributed by atoms with E-state index in [1.807, 2.05) is 17.9 Å². The molecule has 184 valence electrons. The van der Waals surface area contributed by atoms with Crippen LogP contribution in [0.1, 0.15) is 70.0 Å². The highest BCUT2D eigenvalue weighted by molar-refractivity contribution is 5.93. The Morgan fingerprint density at radius 1 is 1.11 bits per heavy atom. The molecule has 1 saturated carbocycles. The Morgan fingerprint density at radius 3 is 2.63 bits per heavy atom. The molecule has 0 spiro atoms. The number of carbonyl (C=O) groups excluding carboxylic acids is 2. The maximum atomic E-state index is 13.9. The van der Waals surface area contributed by atoms with E-state index in [0.717, 1.165) is 66.4 Å². The molecule has 1 aliphatic carbocycles. The van der Waals surface area contributed by atoms with Crippen LogP contribution in [0.3, 0.4) is 0 Å². The zero-order valence-electron chi connectivity index (χ0n) is 20.2. The Labute approximate surface area is 205 Å². The number of hydrogen-bond acceptors (Lipinski definition) is 3. The number of hydrogen-bond donors (Lipinski definition) is 2. The average molecular weight is 477 g/mol. The molecule has 3 heterocycles. The normalized spacial score (nSPS) is 19.7. The zero-order chi connectivity index (χ0) is 24.4. The van der Waals surface area contributed by atoms with Gasteiger partial charge in [0.2, 0.25) is 11.8 Å². The van der Waals surface area contributed by atoms with Crippen LogP contribution in [-0.4, -0.2) is 39.3 Å². The van der Waals surface area contributed by atoms with Crippen molar-refractivity contribution in [1.29, 1.82) is 0 Å². The molecule has 2 N–H and O–H groups in total. The summed E-state index contributed by atoms with van der Waals surface area (Å²) in [5.74, 6) is -0.108. The number of aromatic amines is 1. The highest BCUT2D eigenvalue weighted by Crippen LogP contribution is 2.37. The van der Waals surface area contributed by atoms with Gasteiger partial charge < -0.3 is 15.2 Å². The second-order valence-corrected chi connectivity index (χ2v) is 9.84. The molecule has 6 nitrogen and oxygen atoms in total. The number of halogens is 1. The third kappa shape index (κ3) is 4.81. The molecule has 1 saturated heterocycles. The second-order valence-electron chi connectivity index (χ2n) is 9.84. The van der Waals surface area contributed by atoms with Crippen molar-refractivity contribution < 1.29 is 14.0 Å². The predicted molar refractivity (Wildman–Crippen MR) is 134 cm³/mol. The summed E-state index contributed by atoms with van der Waals surface area (Å²) in [5.41, 5.74) is 3.47. The van der Waals surface area contributed by atoms with Crippen LogP contribution in [0.5, 0.6) is 0 Å². The van der Waals surface area contributed by atoms with E-state index >= 15 is 0 Å². The van der Waals surface area contributed by atoms with Gasteiger partial charge in [-0.2, -0.15) is 0 Å². The maximum Gasteiger partial charge on any atom is 0.245 e. The van der Waals surface area contributed by atoms with E-state index in [1.165, 1.54) is 18.6 Å². The van der Waals surface area contributed by atoms with E-state index in [2.05, 4.69) is 21.4 Å². The van der Waals surface area contributed by atoms with Crippen LogP contribution < -0.4 is 5.32 Å². The lowest BCUT2D eigenvalue weighted by molar-refractivity contribution is -0.139. The molecule has 0 bridgehead atoms. The van der Waals surface area contributed by atoms with Gasteiger partial charge in [-0.05, 0) is 68.0 Å². The first-order chi connectivity index (χ1) is 17.0. The topological polar surface area (TPSA) is 78.1 Å². The fraction of sp³-hybridized carbons (Fsp3) is 0.464. The molecule has 2 unspecified atom stereocenters. The molecule has 2 aliphatic rings. The Morgan fingerprint density at radius 2 is 1.89 bits per heavy atom. The van der Waals surface area contributed by atoms with Crippen molar-refractivity contribution in [2.24, 2.45) is 5.92 Å². The molecule has 2 fully saturated rings. The SMILES string of the molecule is CCC(=O)NC(C(=O)N1CCCC1c1cc2ccnc(-c3ccc(F)cc3)c2[nH]1)C1CCCCC1. The van der Waals surface area contributed by atoms with Gasteiger partial charge in [0, 0.05) is 35.8 Å². The summed E-state index contributed by atoms with van der Waals surface area (Å²) in [6.07, 6.45) is 9.32. The number of rotatable bonds is 6. The molecular weight excluding hydrogens is 443 g/mol. The Kier molecular flexibility index (Phi) is 6.84. The van der Waals surface area contributed by atoms with Crippen LogP contribution in [-0.2, 0) is 9.59 Å². The van der Waals surface area contributed by atoms with E-state index < -0.39 is 6.04 Å². The number of aromatic nitrogens is 2. The van der Waals surface area contributed by atoms with Crippen LogP contribution in [0.2, 0.25) is 0 Å². The third-order valence-electron chi connectivity index (χ3n) is 7.60. The molecule has 1 aliphatic heterocycles. The van der Waals surface area contributed by atoms with E-state index in [4.69, 9.17) is 0 Å². The fourth-order valence-corrected chi connectivity index (χ4v) is 5.74. The van der Waals surface area contributed by atoms with Crippen LogP contribution in [0.25, 0.3) is 22.2 Å². The third-order valence-corrected chi connectivity index (χ3v) is 7.60. The number of amides is 2. The molecule has 2 atom stereocenters. The van der Waals surface area contributed by atoms with Gasteiger partial charge in [0.15, 0.2) is 0 Å². The van der Waals surface area contributed by atoms with Crippen LogP contribution >= 0.6 is 0 Å². The highest BCUT2D eigenvalue weighted by atomic mass is 19.1. The number of pyridine rings is 1. The van der Waals surface area contributed by atoms with Crippen molar-refractivity contribution in [1.82, 2.24) is 20.2 Å². The number of likely N-dealkylation sites (tertiary alicyclic amines) is 1. The predicted octanol–water partition coefficient (Wildman–Crippen LogP) is 5.51. The summed E-state index contributed by atoms with van der Waals surface area (Å²) < 4.78 is 13.5. The highest BCUT2D eigenvalue weighted by Gasteiger charge is 2.39. The van der Waals surface area contributed by atoms with Crippen molar-refractivity contribution in [2.75, 3.05) is 6.54 Å². The van der Waals surface area contributed by atoms with Crippen molar-refractivity contribution in [2.45, 2.75) is 70.4 Å². The van der Waals surface area contributed by atoms with E-state index in [-0.39, 0.29) is 29.6 Å². The van der Waals surface area contributed by atoms with E-state index in [1.54, 1.807) is 18.3 Å². The largest absolute Gasteiger partial charge is 0.355 e. The minimum Gasteiger partial charge on any atom is -0.355 e. The number of nitrogens with zero attached hydrogens (tertiary/aromatic N) is 2. The summed E-state index contributed by atoms with van der Waals surface area (Å²) in [6.45, 7) is 2.51. The first kappa shape index (κ1) is 23.5. The van der Waals surface area contributed by atoms with Gasteiger partial charge in [-0.25, -0.2) is 4.39 Å². The molecular formula is C28H33FN4O2. The number of fused-ring (bicyclic) bond motifs is 1. The van der Waals surface area contributed by atoms with Crippen molar-refractivity contribution in [3.63, 3.8) is 0 Å². The lowest BCUT2D eigenvalue weighted by Gasteiger charge is -2.34. The summed E-state index contributed by atoms with van der Waals surface area (Å²) in [5, 5.41) is 4.08. The molecule has 0 radical (unpaired) electrons. The molecule has 2 aromatic heterocycles. The summed E-state index contributed by atoms with van der Waals surface area (Å²) in [7, 11) is 0. The Hall–Kier alpha value is -3.22. The van der Waals surface area contributed by atoms with Crippen LogP contribution in [0.4, 0.5) is 4.39 Å². The smallest absolute Gasteiger partial charge is 0.245 e. The summed E-state index contributed by atoms with van der Waals surface area (Å²) in [4.78, 5) is 36.2. The monoisotopic (exact) mass is 476 g/mol. The number of H-pyrrole nitrogens is 1. The standard InChI is InChI=1S/C28H33FN4O2/c1-2-24(34)32-27(18-7-4-3-5-8-18)28(35)33-16-6-9-23(33)22-17-20-14-15-30-25(26(20)31-22)19-10-12-21(29)13-11-19/h10-15,17-18,23,27,31H,2-9,16H2,1H3,(H,32,34). The molecule has 35 heavy (non-hydrogen) atoms. The summed E-state index contributed by atoms with van der Waals surface area (Å²) >= 11 is 0. The maximum absolute atomic E-state index is 13.9. The minimum absolute atomic E-state index is 0.0386. The van der Waals surface area contributed by atoms with Crippen molar-refractivity contribution >= 4 is 22.7 Å². The lowest BCUT2D eigenvalue weighted by Crippen LogP contribution is -2.52. The molecule has 3 aromatic rings. The quantitative estimate of drug-likeness (QED) is 0.493. The number of nitrogens with one attached hydrogen (secondary N) is 2. The molecule has 5 rings (SSSR count). The second kappa shape index (κ2) is 10.2. The fourth-order valence-electron chi connectivity index (χ4n) is 5.74. The van der Waals surface area contributed by atoms with Gasteiger partial charge in [0.1, 0.15) is 11.9 Å². The molecule has 7 heteroatoms. The first-order valence-electron chi connectivity index (χ1n) is 12.9. The Bertz CT molecular complexity index is 1200. The lowest BCUT2D eigenvalue weighted by atomic mass is 9.83. The van der Waals surface area contributed by atoms with Gasteiger partial charge in [-0.15, -0.1) is 0 Å². The summed E-state index contributed by atoms with van der Waals surface area (Å²) in [6, 6.07) is 9.86. The molecule has 1 aromatic carbocycles. The first-order valence-corrected chi connectivity index (χ1v) is 12.9. The van der Waals surface area contributed by atoms with Crippen molar-refractivity contribution in [3.05, 3.63) is 54.1 Å². The van der Waals surface area contributed by atoms with Crippen molar-refractivity contribution in [3.8, 4) is 11.3 Å². The Balaban J connectivity index is 1.44. The van der Waals surface area contributed by atoms with Gasteiger partial charge in [0.25, 0.3) is 0 Å². The van der Waals surface area contributed by atoms with Gasteiger partial charge in [-0.3, -0.25) is 14.6 Å². The average Bonchev–Trinajstić information content (AvgIpc) is 3.55.